The van der Waals surface area contributed by atoms with Crippen molar-refractivity contribution in [3.63, 3.8) is 0 Å². The van der Waals surface area contributed by atoms with Gasteiger partial charge in [-0.2, -0.15) is 0 Å². The number of likely N-dealkylation sites (N-methyl/N-ethyl adjacent to an activating group) is 1. The Labute approximate surface area is 123 Å². The third-order valence-electron chi connectivity index (χ3n) is 3.40. The second kappa shape index (κ2) is 9.48. The Morgan fingerprint density at radius 1 is 1.00 bits per heavy atom. The lowest BCUT2D eigenvalue weighted by atomic mass is 10.1. The van der Waals surface area contributed by atoms with Crippen LogP contribution in [0.3, 0.4) is 0 Å². The zero-order valence-corrected chi connectivity index (χ0v) is 12.7. The van der Waals surface area contributed by atoms with E-state index in [-0.39, 0.29) is 24.8 Å². The molecule has 0 atom stereocenters. The van der Waals surface area contributed by atoms with E-state index in [2.05, 4.69) is 47.2 Å². The molecule has 1 fully saturated rings. The van der Waals surface area contributed by atoms with E-state index in [1.165, 1.54) is 44.6 Å². The molecule has 1 saturated heterocycles. The van der Waals surface area contributed by atoms with Gasteiger partial charge in [-0.3, -0.25) is 0 Å². The summed E-state index contributed by atoms with van der Waals surface area (Å²) in [5, 5.41) is 0. The summed E-state index contributed by atoms with van der Waals surface area (Å²) < 4.78 is 0. The van der Waals surface area contributed by atoms with Gasteiger partial charge in [0.2, 0.25) is 0 Å². The zero-order chi connectivity index (χ0) is 11.2. The summed E-state index contributed by atoms with van der Waals surface area (Å²) in [4.78, 5) is 4.93. The molecule has 1 aliphatic rings. The van der Waals surface area contributed by atoms with Gasteiger partial charge in [0.1, 0.15) is 0 Å². The fourth-order valence-corrected chi connectivity index (χ4v) is 2.29. The Kier molecular flexibility index (Phi) is 9.25. The Morgan fingerprint density at radius 3 is 2.22 bits per heavy atom. The highest BCUT2D eigenvalue weighted by Crippen LogP contribution is 2.12. The summed E-state index contributed by atoms with van der Waals surface area (Å²) in [6.07, 6.45) is 4.19. The summed E-state index contributed by atoms with van der Waals surface area (Å²) in [6, 6.07) is 10.6. The van der Waals surface area contributed by atoms with Crippen LogP contribution in [0.4, 0.5) is 5.69 Å². The molecule has 2 rings (SSSR count). The van der Waals surface area contributed by atoms with Gasteiger partial charge in [-0.1, -0.05) is 24.6 Å². The van der Waals surface area contributed by atoms with Crippen LogP contribution in [0, 0.1) is 0 Å². The highest BCUT2D eigenvalue weighted by molar-refractivity contribution is 5.85. The van der Waals surface area contributed by atoms with Crippen molar-refractivity contribution < 1.29 is 0 Å². The summed E-state index contributed by atoms with van der Waals surface area (Å²) in [5.74, 6) is 0. The molecule has 1 aliphatic heterocycles. The van der Waals surface area contributed by atoms with Crippen molar-refractivity contribution in [3.8, 4) is 0 Å². The molecule has 0 N–H and O–H groups in total. The Bertz CT molecular complexity index is 300. The van der Waals surface area contributed by atoms with Crippen LogP contribution in [0.2, 0.25) is 0 Å². The summed E-state index contributed by atoms with van der Waals surface area (Å²) in [7, 11) is 2.18. The average molecular weight is 291 g/mol. The Morgan fingerprint density at radius 2 is 1.61 bits per heavy atom. The third-order valence-corrected chi connectivity index (χ3v) is 3.40. The minimum Gasteiger partial charge on any atom is -0.373 e. The fourth-order valence-electron chi connectivity index (χ4n) is 2.29. The van der Waals surface area contributed by atoms with Crippen LogP contribution in [0.1, 0.15) is 19.3 Å². The summed E-state index contributed by atoms with van der Waals surface area (Å²) in [5.41, 5.74) is 1.32. The number of likely N-dealkylation sites (tertiary alicyclic amines) is 1. The molecular weight excluding hydrogens is 267 g/mol. The second-order valence-corrected chi connectivity index (χ2v) is 4.66. The predicted octanol–water partition coefficient (Wildman–Crippen LogP) is 3.45. The van der Waals surface area contributed by atoms with Crippen molar-refractivity contribution in [1.82, 2.24) is 4.90 Å². The lowest BCUT2D eigenvalue weighted by molar-refractivity contribution is 0.234. The molecule has 0 amide bonds. The number of rotatable bonds is 4. The number of anilines is 1. The topological polar surface area (TPSA) is 6.48 Å². The van der Waals surface area contributed by atoms with Crippen molar-refractivity contribution in [1.29, 1.82) is 0 Å². The molecule has 0 spiro atoms. The van der Waals surface area contributed by atoms with Crippen LogP contribution in [0.5, 0.6) is 0 Å². The van der Waals surface area contributed by atoms with Gasteiger partial charge in [0.05, 0.1) is 0 Å². The molecule has 0 radical (unpaired) electrons. The van der Waals surface area contributed by atoms with E-state index in [9.17, 15) is 0 Å². The van der Waals surface area contributed by atoms with Crippen LogP contribution < -0.4 is 4.90 Å². The van der Waals surface area contributed by atoms with Crippen molar-refractivity contribution in [2.24, 2.45) is 0 Å². The van der Waals surface area contributed by atoms with Gasteiger partial charge < -0.3 is 9.80 Å². The van der Waals surface area contributed by atoms with E-state index < -0.39 is 0 Å². The third kappa shape index (κ3) is 5.47. The lowest BCUT2D eigenvalue weighted by Crippen LogP contribution is -2.36. The highest BCUT2D eigenvalue weighted by atomic mass is 35.5. The van der Waals surface area contributed by atoms with E-state index in [0.717, 1.165) is 6.54 Å². The molecule has 0 aliphatic carbocycles. The maximum Gasteiger partial charge on any atom is 0.0364 e. The first-order valence-corrected chi connectivity index (χ1v) is 6.35. The summed E-state index contributed by atoms with van der Waals surface area (Å²) in [6.45, 7) is 4.92. The first-order valence-electron chi connectivity index (χ1n) is 6.35. The molecule has 0 unspecified atom stereocenters. The monoisotopic (exact) mass is 290 g/mol. The molecule has 4 heteroatoms. The lowest BCUT2D eigenvalue weighted by Gasteiger charge is -2.29. The number of piperidine rings is 1. The second-order valence-electron chi connectivity index (χ2n) is 4.66. The normalized spacial score (nSPS) is 15.4. The number of nitrogens with zero attached hydrogens (tertiary/aromatic N) is 2. The molecule has 1 heterocycles. The van der Waals surface area contributed by atoms with Crippen LogP contribution in [-0.2, 0) is 0 Å². The minimum atomic E-state index is 0. The number of hydrogen-bond donors (Lipinski definition) is 0. The van der Waals surface area contributed by atoms with Crippen molar-refractivity contribution in [2.75, 3.05) is 38.1 Å². The smallest absolute Gasteiger partial charge is 0.0364 e. The van der Waals surface area contributed by atoms with Gasteiger partial charge in [-0.05, 0) is 38.1 Å². The first-order chi connectivity index (χ1) is 7.86. The first kappa shape index (κ1) is 17.6. The quantitative estimate of drug-likeness (QED) is 0.838. The maximum atomic E-state index is 2.59. The maximum absolute atomic E-state index is 2.59. The van der Waals surface area contributed by atoms with Gasteiger partial charge in [0.25, 0.3) is 0 Å². The summed E-state index contributed by atoms with van der Waals surface area (Å²) >= 11 is 0. The van der Waals surface area contributed by atoms with Gasteiger partial charge in [-0.25, -0.2) is 0 Å². The highest BCUT2D eigenvalue weighted by Gasteiger charge is 2.10. The zero-order valence-electron chi connectivity index (χ0n) is 11.0. The Balaban J connectivity index is 0.00000144. The van der Waals surface area contributed by atoms with Gasteiger partial charge in [0, 0.05) is 25.8 Å². The van der Waals surface area contributed by atoms with E-state index in [4.69, 9.17) is 0 Å². The van der Waals surface area contributed by atoms with Crippen LogP contribution in [0.25, 0.3) is 0 Å². The molecule has 1 aromatic rings. The SMILES string of the molecule is CN(CCN1CCCCC1)c1ccccc1.Cl.Cl. The molecule has 0 saturated carbocycles. The van der Waals surface area contributed by atoms with Crippen molar-refractivity contribution >= 4 is 30.5 Å². The van der Waals surface area contributed by atoms with Gasteiger partial charge in [0.15, 0.2) is 0 Å². The standard InChI is InChI=1S/C14H22N2.2ClH/c1-15(14-8-4-2-5-9-14)12-13-16-10-6-3-7-11-16;;/h2,4-5,8-9H,3,6-7,10-13H2,1H3;2*1H. The van der Waals surface area contributed by atoms with Gasteiger partial charge in [-0.15, -0.1) is 24.8 Å². The van der Waals surface area contributed by atoms with E-state index in [0.29, 0.717) is 0 Å². The van der Waals surface area contributed by atoms with Gasteiger partial charge >= 0.3 is 0 Å². The van der Waals surface area contributed by atoms with Crippen molar-refractivity contribution in [2.45, 2.75) is 19.3 Å². The Hall–Kier alpha value is -0.440. The number of benzene rings is 1. The molecule has 104 valence electrons. The largest absolute Gasteiger partial charge is 0.373 e. The van der Waals surface area contributed by atoms with Crippen molar-refractivity contribution in [3.05, 3.63) is 30.3 Å². The molecule has 2 nitrogen and oxygen atoms in total. The molecular formula is C14H24Cl2N2. The number of halogens is 2. The number of para-hydroxylation sites is 1. The van der Waals surface area contributed by atoms with E-state index in [1.807, 2.05) is 0 Å². The predicted molar refractivity (Wildman–Crippen MR) is 84.5 cm³/mol. The molecule has 18 heavy (non-hydrogen) atoms. The number of hydrogen-bond acceptors (Lipinski definition) is 2. The average Bonchev–Trinajstić information content (AvgIpc) is 2.38. The molecule has 1 aromatic carbocycles. The minimum absolute atomic E-state index is 0. The van der Waals surface area contributed by atoms with E-state index in [1.54, 1.807) is 0 Å². The van der Waals surface area contributed by atoms with Crippen LogP contribution in [-0.4, -0.2) is 38.1 Å². The fraction of sp³-hybridized carbons (Fsp3) is 0.571. The molecule has 0 bridgehead atoms. The van der Waals surface area contributed by atoms with Crippen LogP contribution in [0.15, 0.2) is 30.3 Å². The van der Waals surface area contributed by atoms with Crippen LogP contribution >= 0.6 is 24.8 Å². The van der Waals surface area contributed by atoms with E-state index >= 15 is 0 Å². The molecule has 0 aromatic heterocycles.